The topological polar surface area (TPSA) is 75.1 Å². The molecule has 0 amide bonds. The second kappa shape index (κ2) is 10.5. The summed E-state index contributed by atoms with van der Waals surface area (Å²) in [5, 5.41) is 16.7. The first-order chi connectivity index (χ1) is 13.5. The number of guanidine groups is 1. The lowest BCUT2D eigenvalue weighted by molar-refractivity contribution is 0.187. The zero-order chi connectivity index (χ0) is 20.5. The second-order valence-electron chi connectivity index (χ2n) is 6.27. The Morgan fingerprint density at radius 2 is 1.79 bits per heavy atom. The summed E-state index contributed by atoms with van der Waals surface area (Å²) in [7, 11) is 3.03. The monoisotopic (exact) mass is 389 g/mol. The zero-order valence-electron chi connectivity index (χ0n) is 16.7. The fourth-order valence-corrected chi connectivity index (χ4v) is 2.67. The fraction of sp³-hybridized carbons (Fsp3) is 0.381. The Kier molecular flexibility index (Phi) is 8.07. The number of aliphatic hydroxyl groups is 1. The van der Waals surface area contributed by atoms with Gasteiger partial charge in [-0.25, -0.2) is 4.39 Å². The van der Waals surface area contributed by atoms with Crippen LogP contribution in [0, 0.1) is 5.82 Å². The van der Waals surface area contributed by atoms with Crippen LogP contribution in [0.5, 0.6) is 11.5 Å². The van der Waals surface area contributed by atoms with E-state index in [4.69, 9.17) is 9.47 Å². The molecule has 7 heteroatoms. The van der Waals surface area contributed by atoms with Crippen molar-refractivity contribution in [1.82, 2.24) is 10.6 Å². The van der Waals surface area contributed by atoms with Gasteiger partial charge in [-0.2, -0.15) is 0 Å². The SMILES string of the molecule is CCNC(=NCC(O)c1ccc(OC)cc1)NC(C)c1ccc(OC)c(F)c1. The van der Waals surface area contributed by atoms with Crippen molar-refractivity contribution in [2.24, 2.45) is 4.99 Å². The van der Waals surface area contributed by atoms with Gasteiger partial charge in [0.25, 0.3) is 0 Å². The van der Waals surface area contributed by atoms with Crippen LogP contribution < -0.4 is 20.1 Å². The Morgan fingerprint density at radius 3 is 2.36 bits per heavy atom. The fourth-order valence-electron chi connectivity index (χ4n) is 2.67. The Labute approximate surface area is 165 Å². The van der Waals surface area contributed by atoms with Crippen molar-refractivity contribution in [1.29, 1.82) is 0 Å². The average molecular weight is 389 g/mol. The molecule has 0 bridgehead atoms. The standard InChI is InChI=1S/C21H28FN3O3/c1-5-23-21(24-13-19(26)15-6-9-17(27-3)10-7-15)25-14(2)16-8-11-20(28-4)18(22)12-16/h6-12,14,19,26H,5,13H2,1-4H3,(H2,23,24,25). The van der Waals surface area contributed by atoms with Crippen LogP contribution in [0.2, 0.25) is 0 Å². The number of hydrogen-bond acceptors (Lipinski definition) is 4. The molecular weight excluding hydrogens is 361 g/mol. The van der Waals surface area contributed by atoms with E-state index in [1.54, 1.807) is 31.4 Å². The molecule has 0 spiro atoms. The van der Waals surface area contributed by atoms with Crippen LogP contribution in [-0.4, -0.2) is 38.4 Å². The Morgan fingerprint density at radius 1 is 1.11 bits per heavy atom. The summed E-state index contributed by atoms with van der Waals surface area (Å²) in [4.78, 5) is 4.45. The van der Waals surface area contributed by atoms with E-state index in [9.17, 15) is 9.50 Å². The van der Waals surface area contributed by atoms with Crippen molar-refractivity contribution < 1.29 is 19.0 Å². The highest BCUT2D eigenvalue weighted by Crippen LogP contribution is 2.22. The summed E-state index contributed by atoms with van der Waals surface area (Å²) < 4.78 is 24.0. The minimum absolute atomic E-state index is 0.184. The number of nitrogens with one attached hydrogen (secondary N) is 2. The number of nitrogens with zero attached hydrogens (tertiary/aromatic N) is 1. The van der Waals surface area contributed by atoms with Gasteiger partial charge in [0.15, 0.2) is 17.5 Å². The summed E-state index contributed by atoms with van der Waals surface area (Å²) in [6.45, 7) is 4.71. The lowest BCUT2D eigenvalue weighted by Crippen LogP contribution is -2.39. The summed E-state index contributed by atoms with van der Waals surface area (Å²) in [5.74, 6) is 1.07. The van der Waals surface area contributed by atoms with Crippen LogP contribution in [0.1, 0.15) is 37.1 Å². The second-order valence-corrected chi connectivity index (χ2v) is 6.27. The minimum Gasteiger partial charge on any atom is -0.497 e. The maximum Gasteiger partial charge on any atom is 0.191 e. The third kappa shape index (κ3) is 5.85. The van der Waals surface area contributed by atoms with Crippen molar-refractivity contribution in [2.75, 3.05) is 27.3 Å². The van der Waals surface area contributed by atoms with Gasteiger partial charge in [0.05, 0.1) is 32.9 Å². The highest BCUT2D eigenvalue weighted by Gasteiger charge is 2.12. The van der Waals surface area contributed by atoms with E-state index in [0.29, 0.717) is 12.5 Å². The molecule has 0 aromatic heterocycles. The molecule has 2 rings (SSSR count). The number of aliphatic hydroxyl groups excluding tert-OH is 1. The van der Waals surface area contributed by atoms with Crippen molar-refractivity contribution >= 4 is 5.96 Å². The largest absolute Gasteiger partial charge is 0.497 e. The van der Waals surface area contributed by atoms with E-state index in [0.717, 1.165) is 16.9 Å². The van der Waals surface area contributed by atoms with Crippen molar-refractivity contribution in [3.05, 3.63) is 59.4 Å². The number of ether oxygens (including phenoxy) is 2. The van der Waals surface area contributed by atoms with Gasteiger partial charge in [-0.15, -0.1) is 0 Å². The molecule has 152 valence electrons. The predicted molar refractivity (Wildman–Crippen MR) is 108 cm³/mol. The third-order valence-electron chi connectivity index (χ3n) is 4.30. The van der Waals surface area contributed by atoms with Gasteiger partial charge >= 0.3 is 0 Å². The smallest absolute Gasteiger partial charge is 0.191 e. The summed E-state index contributed by atoms with van der Waals surface area (Å²) in [5.41, 5.74) is 1.52. The molecule has 0 radical (unpaired) electrons. The maximum absolute atomic E-state index is 14.0. The van der Waals surface area contributed by atoms with Crippen LogP contribution in [0.4, 0.5) is 4.39 Å². The molecule has 0 aliphatic carbocycles. The minimum atomic E-state index is -0.741. The lowest BCUT2D eigenvalue weighted by Gasteiger charge is -2.19. The summed E-state index contributed by atoms with van der Waals surface area (Å²) in [6.07, 6.45) is -0.741. The molecule has 2 aromatic carbocycles. The molecule has 2 unspecified atom stereocenters. The molecule has 0 aliphatic heterocycles. The maximum atomic E-state index is 14.0. The van der Waals surface area contributed by atoms with Gasteiger partial charge in [-0.05, 0) is 49.2 Å². The first kappa shape index (κ1) is 21.5. The van der Waals surface area contributed by atoms with Gasteiger partial charge in [0, 0.05) is 6.54 Å². The number of halogens is 1. The molecule has 0 saturated heterocycles. The Hall–Kier alpha value is -2.80. The van der Waals surface area contributed by atoms with E-state index < -0.39 is 11.9 Å². The van der Waals surface area contributed by atoms with Gasteiger partial charge in [-0.3, -0.25) is 4.99 Å². The van der Waals surface area contributed by atoms with Crippen molar-refractivity contribution in [3.8, 4) is 11.5 Å². The van der Waals surface area contributed by atoms with Gasteiger partial charge < -0.3 is 25.2 Å². The van der Waals surface area contributed by atoms with Crippen LogP contribution >= 0.6 is 0 Å². The highest BCUT2D eigenvalue weighted by molar-refractivity contribution is 5.80. The number of rotatable bonds is 8. The van der Waals surface area contributed by atoms with Crippen molar-refractivity contribution in [2.45, 2.75) is 26.0 Å². The quantitative estimate of drug-likeness (QED) is 0.478. The van der Waals surface area contributed by atoms with Gasteiger partial charge in [0.1, 0.15) is 5.75 Å². The summed E-state index contributed by atoms with van der Waals surface area (Å²) in [6, 6.07) is 11.9. The van der Waals surface area contributed by atoms with E-state index in [2.05, 4.69) is 15.6 Å². The zero-order valence-corrected chi connectivity index (χ0v) is 16.7. The first-order valence-electron chi connectivity index (χ1n) is 9.18. The summed E-state index contributed by atoms with van der Waals surface area (Å²) >= 11 is 0. The molecule has 0 saturated carbocycles. The molecular formula is C21H28FN3O3. The lowest BCUT2D eigenvalue weighted by atomic mass is 10.1. The van der Waals surface area contributed by atoms with Crippen molar-refractivity contribution in [3.63, 3.8) is 0 Å². The molecule has 3 N–H and O–H groups in total. The van der Waals surface area contributed by atoms with E-state index in [-0.39, 0.29) is 18.3 Å². The Bertz CT molecular complexity index is 781. The number of hydrogen-bond donors (Lipinski definition) is 3. The van der Waals surface area contributed by atoms with Gasteiger partial charge in [-0.1, -0.05) is 18.2 Å². The Balaban J connectivity index is 2.05. The first-order valence-corrected chi connectivity index (χ1v) is 9.18. The molecule has 0 fully saturated rings. The van der Waals surface area contributed by atoms with E-state index >= 15 is 0 Å². The number of methoxy groups -OCH3 is 2. The van der Waals surface area contributed by atoms with Crippen LogP contribution in [-0.2, 0) is 0 Å². The number of benzene rings is 2. The molecule has 28 heavy (non-hydrogen) atoms. The van der Waals surface area contributed by atoms with Gasteiger partial charge in [0.2, 0.25) is 0 Å². The molecule has 2 aromatic rings. The third-order valence-corrected chi connectivity index (χ3v) is 4.30. The van der Waals surface area contributed by atoms with Crippen LogP contribution in [0.15, 0.2) is 47.5 Å². The molecule has 2 atom stereocenters. The highest BCUT2D eigenvalue weighted by atomic mass is 19.1. The van der Waals surface area contributed by atoms with E-state index in [1.807, 2.05) is 26.0 Å². The average Bonchev–Trinajstić information content (AvgIpc) is 2.71. The number of aliphatic imine (C=N–C) groups is 1. The molecule has 0 heterocycles. The van der Waals surface area contributed by atoms with Crippen LogP contribution in [0.3, 0.4) is 0 Å². The molecule has 6 nitrogen and oxygen atoms in total. The van der Waals surface area contributed by atoms with E-state index in [1.165, 1.54) is 13.2 Å². The molecule has 0 aliphatic rings. The van der Waals surface area contributed by atoms with Crippen LogP contribution in [0.25, 0.3) is 0 Å². The normalized spacial score (nSPS) is 13.6. The predicted octanol–water partition coefficient (Wildman–Crippen LogP) is 3.19.